The zero-order chi connectivity index (χ0) is 23.0. The highest BCUT2D eigenvalue weighted by atomic mass is 32.2. The third-order valence-corrected chi connectivity index (χ3v) is 6.99. The Labute approximate surface area is 201 Å². The van der Waals surface area contributed by atoms with Gasteiger partial charge in [-0.05, 0) is 61.0 Å². The number of rotatable bonds is 10. The van der Waals surface area contributed by atoms with Gasteiger partial charge in [0.1, 0.15) is 17.0 Å². The molecule has 33 heavy (non-hydrogen) atoms. The molecule has 2 aromatic heterocycles. The highest BCUT2D eigenvalue weighted by Crippen LogP contribution is 2.35. The lowest BCUT2D eigenvalue weighted by molar-refractivity contribution is -0.118. The third-order valence-electron chi connectivity index (χ3n) is 4.94. The van der Waals surface area contributed by atoms with Gasteiger partial charge in [0, 0.05) is 29.5 Å². The summed E-state index contributed by atoms with van der Waals surface area (Å²) in [7, 11) is 1.65. The SMILES string of the molecule is CCOc1cccc2sc(N(Cc3ccncc3)C(=O)CCSc3ccc(OC)cc3)nc12. The first kappa shape index (κ1) is 23.1. The van der Waals surface area contributed by atoms with Crippen molar-refractivity contribution >= 4 is 44.4 Å². The number of benzene rings is 2. The second kappa shape index (κ2) is 11.2. The number of aromatic nitrogens is 2. The third kappa shape index (κ3) is 5.83. The van der Waals surface area contributed by atoms with Crippen LogP contribution in [-0.2, 0) is 11.3 Å². The summed E-state index contributed by atoms with van der Waals surface area (Å²) in [6, 6.07) is 17.6. The van der Waals surface area contributed by atoms with E-state index in [0.29, 0.717) is 30.5 Å². The van der Waals surface area contributed by atoms with Crippen molar-refractivity contribution in [2.45, 2.75) is 24.8 Å². The second-order valence-electron chi connectivity index (χ2n) is 7.14. The van der Waals surface area contributed by atoms with E-state index in [4.69, 9.17) is 14.5 Å². The Morgan fingerprint density at radius 2 is 1.88 bits per heavy atom. The number of methoxy groups -OCH3 is 1. The van der Waals surface area contributed by atoms with E-state index < -0.39 is 0 Å². The number of thiazole rings is 1. The molecule has 0 bridgehead atoms. The van der Waals surface area contributed by atoms with Crippen molar-refractivity contribution in [3.05, 3.63) is 72.6 Å². The van der Waals surface area contributed by atoms with Crippen LogP contribution in [0.1, 0.15) is 18.9 Å². The smallest absolute Gasteiger partial charge is 0.229 e. The number of hydrogen-bond donors (Lipinski definition) is 0. The number of anilines is 1. The molecule has 8 heteroatoms. The fourth-order valence-corrected chi connectivity index (χ4v) is 5.14. The summed E-state index contributed by atoms with van der Waals surface area (Å²) in [6.07, 6.45) is 3.88. The number of carbonyl (C=O) groups excluding carboxylic acids is 1. The Bertz CT molecular complexity index is 1200. The van der Waals surface area contributed by atoms with E-state index in [1.54, 1.807) is 36.2 Å². The molecule has 0 aliphatic carbocycles. The first-order chi connectivity index (χ1) is 16.2. The van der Waals surface area contributed by atoms with Gasteiger partial charge in [-0.25, -0.2) is 4.98 Å². The maximum Gasteiger partial charge on any atom is 0.229 e. The summed E-state index contributed by atoms with van der Waals surface area (Å²) in [5, 5.41) is 0.674. The van der Waals surface area contributed by atoms with E-state index in [1.165, 1.54) is 11.3 Å². The number of thioether (sulfide) groups is 1. The van der Waals surface area contributed by atoms with Crippen molar-refractivity contribution in [3.63, 3.8) is 0 Å². The number of amides is 1. The standard InChI is InChI=1S/C25H25N3O3S2/c1-3-31-21-5-4-6-22-24(21)27-25(33-22)28(17-18-11-14-26-15-12-18)23(29)13-16-32-20-9-7-19(30-2)8-10-20/h4-12,14-15H,3,13,16-17H2,1-2H3. The number of para-hydroxylation sites is 1. The van der Waals surface area contributed by atoms with E-state index in [0.717, 1.165) is 32.2 Å². The molecule has 0 radical (unpaired) electrons. The predicted octanol–water partition coefficient (Wildman–Crippen LogP) is 5.81. The molecule has 0 saturated heterocycles. The lowest BCUT2D eigenvalue weighted by Gasteiger charge is -2.20. The minimum atomic E-state index is 0.0323. The second-order valence-corrected chi connectivity index (χ2v) is 9.32. The minimum Gasteiger partial charge on any atom is -0.497 e. The summed E-state index contributed by atoms with van der Waals surface area (Å²) in [4.78, 5) is 25.1. The molecule has 0 spiro atoms. The lowest BCUT2D eigenvalue weighted by atomic mass is 10.2. The van der Waals surface area contributed by atoms with Crippen LogP contribution in [0, 0.1) is 0 Å². The van der Waals surface area contributed by atoms with Crippen LogP contribution in [0.4, 0.5) is 5.13 Å². The summed E-state index contributed by atoms with van der Waals surface area (Å²) in [5.41, 5.74) is 1.80. The molecule has 1 amide bonds. The van der Waals surface area contributed by atoms with Gasteiger partial charge in [0.05, 0.1) is 25.0 Å². The molecule has 4 aromatic rings. The van der Waals surface area contributed by atoms with Crippen LogP contribution < -0.4 is 14.4 Å². The Morgan fingerprint density at radius 1 is 1.09 bits per heavy atom. The minimum absolute atomic E-state index is 0.0323. The molecular formula is C25H25N3O3S2. The number of carbonyl (C=O) groups is 1. The van der Waals surface area contributed by atoms with E-state index in [2.05, 4.69) is 4.98 Å². The van der Waals surface area contributed by atoms with Gasteiger partial charge in [0.25, 0.3) is 0 Å². The molecule has 4 rings (SSSR count). The Morgan fingerprint density at radius 3 is 2.61 bits per heavy atom. The Hall–Kier alpha value is -3.10. The molecule has 0 fully saturated rings. The predicted molar refractivity (Wildman–Crippen MR) is 135 cm³/mol. The first-order valence-corrected chi connectivity index (χ1v) is 12.5. The molecular weight excluding hydrogens is 454 g/mol. The zero-order valence-corrected chi connectivity index (χ0v) is 20.2. The Kier molecular flexibility index (Phi) is 7.80. The van der Waals surface area contributed by atoms with Crippen molar-refractivity contribution in [1.82, 2.24) is 9.97 Å². The van der Waals surface area contributed by atoms with Crippen molar-refractivity contribution < 1.29 is 14.3 Å². The van der Waals surface area contributed by atoms with Crippen LogP contribution in [0.2, 0.25) is 0 Å². The number of ether oxygens (including phenoxy) is 2. The van der Waals surface area contributed by atoms with Crippen LogP contribution in [0.15, 0.2) is 71.9 Å². The van der Waals surface area contributed by atoms with Gasteiger partial charge in [0.2, 0.25) is 5.91 Å². The zero-order valence-electron chi connectivity index (χ0n) is 18.6. The van der Waals surface area contributed by atoms with E-state index in [9.17, 15) is 4.79 Å². The van der Waals surface area contributed by atoms with Crippen molar-refractivity contribution in [3.8, 4) is 11.5 Å². The summed E-state index contributed by atoms with van der Waals surface area (Å²) in [6.45, 7) is 2.96. The summed E-state index contributed by atoms with van der Waals surface area (Å²) in [5.74, 6) is 2.27. The van der Waals surface area contributed by atoms with E-state index >= 15 is 0 Å². The topological polar surface area (TPSA) is 64.5 Å². The van der Waals surface area contributed by atoms with Gasteiger partial charge >= 0.3 is 0 Å². The normalized spacial score (nSPS) is 10.8. The van der Waals surface area contributed by atoms with Crippen LogP contribution in [0.25, 0.3) is 10.2 Å². The van der Waals surface area contributed by atoms with Crippen molar-refractivity contribution in [2.24, 2.45) is 0 Å². The lowest BCUT2D eigenvalue weighted by Crippen LogP contribution is -2.30. The molecule has 0 atom stereocenters. The first-order valence-electron chi connectivity index (χ1n) is 10.7. The van der Waals surface area contributed by atoms with Gasteiger partial charge in [-0.15, -0.1) is 11.8 Å². The van der Waals surface area contributed by atoms with Crippen LogP contribution in [-0.4, -0.2) is 35.3 Å². The number of fused-ring (bicyclic) bond motifs is 1. The van der Waals surface area contributed by atoms with Crippen LogP contribution in [0.3, 0.4) is 0 Å². The maximum absolute atomic E-state index is 13.3. The van der Waals surface area contributed by atoms with Gasteiger partial charge in [0.15, 0.2) is 5.13 Å². The highest BCUT2D eigenvalue weighted by molar-refractivity contribution is 7.99. The summed E-state index contributed by atoms with van der Waals surface area (Å²) < 4.78 is 11.9. The largest absolute Gasteiger partial charge is 0.497 e. The van der Waals surface area contributed by atoms with Gasteiger partial charge < -0.3 is 9.47 Å². The molecule has 6 nitrogen and oxygen atoms in total. The molecule has 170 valence electrons. The quantitative estimate of drug-likeness (QED) is 0.267. The molecule has 2 aromatic carbocycles. The molecule has 0 aliphatic heterocycles. The fourth-order valence-electron chi connectivity index (χ4n) is 3.30. The van der Waals surface area contributed by atoms with Gasteiger partial charge in [-0.1, -0.05) is 17.4 Å². The molecule has 0 aliphatic rings. The average Bonchev–Trinajstić information content (AvgIpc) is 3.29. The highest BCUT2D eigenvalue weighted by Gasteiger charge is 2.21. The molecule has 0 saturated carbocycles. The monoisotopic (exact) mass is 479 g/mol. The average molecular weight is 480 g/mol. The van der Waals surface area contributed by atoms with Crippen LogP contribution >= 0.6 is 23.1 Å². The van der Waals surface area contributed by atoms with Crippen LogP contribution in [0.5, 0.6) is 11.5 Å². The number of pyridine rings is 1. The summed E-state index contributed by atoms with van der Waals surface area (Å²) >= 11 is 3.16. The van der Waals surface area contributed by atoms with Gasteiger partial charge in [-0.2, -0.15) is 0 Å². The van der Waals surface area contributed by atoms with Crippen molar-refractivity contribution in [1.29, 1.82) is 0 Å². The van der Waals surface area contributed by atoms with E-state index in [1.807, 2.05) is 61.5 Å². The molecule has 2 heterocycles. The number of hydrogen-bond acceptors (Lipinski definition) is 7. The van der Waals surface area contributed by atoms with Crippen molar-refractivity contribution in [2.75, 3.05) is 24.4 Å². The number of nitrogens with zero attached hydrogens (tertiary/aromatic N) is 3. The Balaban J connectivity index is 1.53. The molecule has 0 unspecified atom stereocenters. The maximum atomic E-state index is 13.3. The van der Waals surface area contributed by atoms with E-state index in [-0.39, 0.29) is 5.91 Å². The fraction of sp³-hybridized carbons (Fsp3) is 0.240. The van der Waals surface area contributed by atoms with Gasteiger partial charge in [-0.3, -0.25) is 14.7 Å². The molecule has 0 N–H and O–H groups in total.